The van der Waals surface area contributed by atoms with Gasteiger partial charge in [-0.15, -0.1) is 0 Å². The van der Waals surface area contributed by atoms with Crippen molar-refractivity contribution >= 4 is 6.09 Å². The number of aliphatic hydroxyl groups is 1. The number of ether oxygens (including phenoxy) is 1. The second-order valence-corrected chi connectivity index (χ2v) is 10.1. The maximum atomic E-state index is 14.0. The van der Waals surface area contributed by atoms with E-state index in [1.165, 1.54) is 34.4 Å². The Kier molecular flexibility index (Phi) is 4.99. The minimum absolute atomic E-state index is 0.0194. The molecule has 4 nitrogen and oxygen atoms in total. The summed E-state index contributed by atoms with van der Waals surface area (Å²) in [5.41, 5.74) is 5.05. The Morgan fingerprint density at radius 3 is 2.18 bits per heavy atom. The number of fused-ring (bicyclic) bond motifs is 5. The van der Waals surface area contributed by atoms with Crippen LogP contribution in [0.15, 0.2) is 66.7 Å². The largest absolute Gasteiger partial charge is 0.448 e. The van der Waals surface area contributed by atoms with Crippen LogP contribution in [0.2, 0.25) is 0 Å². The standard InChI is InChI=1S/C29H28FNO3/c1-18-12-19(14-20(30)13-18)29(33)15-21-10-11-22(16-29)31(21)28(32)34-17-27-25-8-4-2-6-23(25)24-7-3-5-9-26(24)27/h2-9,12-14,21-22,27,33H,10-11,15-17H2,1H3. The summed E-state index contributed by atoms with van der Waals surface area (Å²) in [4.78, 5) is 15.1. The number of carbonyl (C=O) groups is 1. The van der Waals surface area contributed by atoms with Crippen molar-refractivity contribution in [3.8, 4) is 11.1 Å². The van der Waals surface area contributed by atoms with E-state index in [-0.39, 0.29) is 36.5 Å². The van der Waals surface area contributed by atoms with Crippen molar-refractivity contribution in [3.05, 3.63) is 94.8 Å². The summed E-state index contributed by atoms with van der Waals surface area (Å²) in [5.74, 6) is -0.319. The number of benzene rings is 3. The number of rotatable bonds is 3. The van der Waals surface area contributed by atoms with Crippen LogP contribution in [-0.2, 0) is 10.3 Å². The number of amides is 1. The van der Waals surface area contributed by atoms with E-state index in [1.54, 1.807) is 0 Å². The Balaban J connectivity index is 1.19. The zero-order valence-corrected chi connectivity index (χ0v) is 19.2. The molecule has 0 radical (unpaired) electrons. The molecule has 2 heterocycles. The van der Waals surface area contributed by atoms with Gasteiger partial charge in [0.2, 0.25) is 0 Å². The number of hydrogen-bond donors (Lipinski definition) is 1. The van der Waals surface area contributed by atoms with Gasteiger partial charge in [0.1, 0.15) is 12.4 Å². The first-order chi connectivity index (χ1) is 16.4. The molecule has 3 aromatic rings. The van der Waals surface area contributed by atoms with Crippen LogP contribution in [-0.4, -0.2) is 34.8 Å². The Labute approximate surface area is 199 Å². The molecule has 5 heteroatoms. The molecule has 3 aliphatic rings. The maximum Gasteiger partial charge on any atom is 0.410 e. The van der Waals surface area contributed by atoms with Crippen LogP contribution < -0.4 is 0 Å². The summed E-state index contributed by atoms with van der Waals surface area (Å²) in [6.45, 7) is 2.12. The van der Waals surface area contributed by atoms with Crippen LogP contribution in [0.25, 0.3) is 11.1 Å². The van der Waals surface area contributed by atoms with Gasteiger partial charge in [-0.05, 0) is 65.3 Å². The molecule has 0 aromatic heterocycles. The molecule has 174 valence electrons. The van der Waals surface area contributed by atoms with E-state index in [4.69, 9.17) is 4.74 Å². The van der Waals surface area contributed by atoms with Gasteiger partial charge in [0.25, 0.3) is 0 Å². The number of piperidine rings is 1. The SMILES string of the molecule is Cc1cc(F)cc(C2(O)CC3CCC(C2)N3C(=O)OCC2c3ccccc3-c3ccccc32)c1. The number of nitrogens with zero attached hydrogens (tertiary/aromatic N) is 1. The van der Waals surface area contributed by atoms with Gasteiger partial charge in [-0.2, -0.15) is 0 Å². The van der Waals surface area contributed by atoms with Crippen molar-refractivity contribution in [3.63, 3.8) is 0 Å². The quantitative estimate of drug-likeness (QED) is 0.533. The van der Waals surface area contributed by atoms with Crippen molar-refractivity contribution in [2.75, 3.05) is 6.61 Å². The van der Waals surface area contributed by atoms with Crippen molar-refractivity contribution in [1.82, 2.24) is 4.90 Å². The summed E-state index contributed by atoms with van der Waals surface area (Å²) < 4.78 is 19.9. The lowest BCUT2D eigenvalue weighted by Gasteiger charge is -2.43. The Morgan fingerprint density at radius 2 is 1.59 bits per heavy atom. The molecule has 0 spiro atoms. The minimum atomic E-state index is -1.13. The van der Waals surface area contributed by atoms with E-state index >= 15 is 0 Å². The molecule has 1 aliphatic carbocycles. The highest BCUT2D eigenvalue weighted by Gasteiger charge is 2.51. The summed E-state index contributed by atoms with van der Waals surface area (Å²) in [7, 11) is 0. The van der Waals surface area contributed by atoms with Crippen LogP contribution in [0, 0.1) is 12.7 Å². The summed E-state index contributed by atoms with van der Waals surface area (Å²) in [6, 6.07) is 21.1. The molecular weight excluding hydrogens is 429 g/mol. The normalized spacial score (nSPS) is 25.2. The summed E-state index contributed by atoms with van der Waals surface area (Å²) >= 11 is 0. The smallest absolute Gasteiger partial charge is 0.410 e. The summed E-state index contributed by atoms with van der Waals surface area (Å²) in [6.07, 6.45) is 2.14. The van der Waals surface area contributed by atoms with Crippen molar-refractivity contribution in [2.45, 2.75) is 56.2 Å². The van der Waals surface area contributed by atoms with Gasteiger partial charge in [-0.1, -0.05) is 54.6 Å². The van der Waals surface area contributed by atoms with Crippen molar-refractivity contribution in [2.24, 2.45) is 0 Å². The fraction of sp³-hybridized carbons (Fsp3) is 0.345. The molecule has 2 fully saturated rings. The molecule has 2 aliphatic heterocycles. The van der Waals surface area contributed by atoms with Crippen LogP contribution in [0.3, 0.4) is 0 Å². The molecule has 1 amide bonds. The second kappa shape index (κ2) is 7.95. The molecule has 6 rings (SSSR count). The van der Waals surface area contributed by atoms with Gasteiger partial charge in [0, 0.05) is 30.8 Å². The number of aryl methyl sites for hydroxylation is 1. The molecule has 0 saturated carbocycles. The highest BCUT2D eigenvalue weighted by Crippen LogP contribution is 2.47. The van der Waals surface area contributed by atoms with Gasteiger partial charge in [-0.25, -0.2) is 9.18 Å². The van der Waals surface area contributed by atoms with E-state index in [2.05, 4.69) is 24.3 Å². The Morgan fingerprint density at radius 1 is 1.00 bits per heavy atom. The fourth-order valence-corrected chi connectivity index (χ4v) is 6.43. The summed E-state index contributed by atoms with van der Waals surface area (Å²) in [5, 5.41) is 11.4. The predicted octanol–water partition coefficient (Wildman–Crippen LogP) is 5.90. The van der Waals surface area contributed by atoms with E-state index in [0.29, 0.717) is 18.4 Å². The third-order valence-electron chi connectivity index (χ3n) is 7.89. The molecule has 2 bridgehead atoms. The van der Waals surface area contributed by atoms with E-state index < -0.39 is 5.60 Å². The molecule has 3 aromatic carbocycles. The van der Waals surface area contributed by atoms with Crippen LogP contribution in [0.1, 0.15) is 53.9 Å². The monoisotopic (exact) mass is 457 g/mol. The van der Waals surface area contributed by atoms with Gasteiger partial charge in [-0.3, -0.25) is 0 Å². The first-order valence-corrected chi connectivity index (χ1v) is 12.1. The lowest BCUT2D eigenvalue weighted by Crippen LogP contribution is -2.52. The zero-order valence-electron chi connectivity index (χ0n) is 19.2. The molecule has 2 unspecified atom stereocenters. The topological polar surface area (TPSA) is 49.8 Å². The average molecular weight is 458 g/mol. The Bertz CT molecular complexity index is 1190. The van der Waals surface area contributed by atoms with Gasteiger partial charge < -0.3 is 14.7 Å². The van der Waals surface area contributed by atoms with Gasteiger partial charge >= 0.3 is 6.09 Å². The first kappa shape index (κ1) is 21.4. The average Bonchev–Trinajstić information content (AvgIpc) is 3.29. The molecular formula is C29H28FNO3. The van der Waals surface area contributed by atoms with E-state index in [1.807, 2.05) is 42.2 Å². The lowest BCUT2D eigenvalue weighted by molar-refractivity contribution is -0.0533. The first-order valence-electron chi connectivity index (χ1n) is 12.1. The zero-order chi connectivity index (χ0) is 23.4. The number of carbonyl (C=O) groups excluding carboxylic acids is 1. The van der Waals surface area contributed by atoms with E-state index in [9.17, 15) is 14.3 Å². The molecule has 2 atom stereocenters. The fourth-order valence-electron chi connectivity index (χ4n) is 6.43. The molecule has 2 saturated heterocycles. The number of hydrogen-bond acceptors (Lipinski definition) is 3. The third kappa shape index (κ3) is 3.41. The minimum Gasteiger partial charge on any atom is -0.448 e. The van der Waals surface area contributed by atoms with Crippen LogP contribution >= 0.6 is 0 Å². The van der Waals surface area contributed by atoms with Gasteiger partial charge in [0.15, 0.2) is 0 Å². The second-order valence-electron chi connectivity index (χ2n) is 10.1. The Hall–Kier alpha value is -3.18. The third-order valence-corrected chi connectivity index (χ3v) is 7.89. The molecule has 1 N–H and O–H groups in total. The highest BCUT2D eigenvalue weighted by molar-refractivity contribution is 5.79. The number of halogens is 1. The van der Waals surface area contributed by atoms with Gasteiger partial charge in [0.05, 0.1) is 5.60 Å². The van der Waals surface area contributed by atoms with Crippen LogP contribution in [0.5, 0.6) is 0 Å². The predicted molar refractivity (Wildman–Crippen MR) is 128 cm³/mol. The maximum absolute atomic E-state index is 14.0. The lowest BCUT2D eigenvalue weighted by atomic mass is 9.80. The van der Waals surface area contributed by atoms with E-state index in [0.717, 1.165) is 18.4 Å². The van der Waals surface area contributed by atoms with Crippen molar-refractivity contribution in [1.29, 1.82) is 0 Å². The molecule has 34 heavy (non-hydrogen) atoms. The van der Waals surface area contributed by atoms with Crippen molar-refractivity contribution < 1.29 is 19.0 Å². The van der Waals surface area contributed by atoms with Crippen LogP contribution in [0.4, 0.5) is 9.18 Å². The highest BCUT2D eigenvalue weighted by atomic mass is 19.1.